The lowest BCUT2D eigenvalue weighted by atomic mass is 10.4. The molecule has 0 aliphatic rings. The van der Waals surface area contributed by atoms with E-state index in [1.165, 1.54) is 0 Å². The van der Waals surface area contributed by atoms with E-state index in [4.69, 9.17) is 0 Å². The van der Waals surface area contributed by atoms with E-state index in [1.807, 2.05) is 30.3 Å². The van der Waals surface area contributed by atoms with Crippen LogP contribution < -0.4 is 5.30 Å². The van der Waals surface area contributed by atoms with Gasteiger partial charge < -0.3 is 9.13 Å². The Hall–Kier alpha value is -0.320. The van der Waals surface area contributed by atoms with E-state index in [2.05, 4.69) is 0 Å². The summed E-state index contributed by atoms with van der Waals surface area (Å²) in [6.07, 6.45) is 0. The zero-order chi connectivity index (χ0) is 10.8. The maximum Gasteiger partial charge on any atom is 0.119 e. The van der Waals surface area contributed by atoms with E-state index >= 15 is 0 Å². The first kappa shape index (κ1) is 11.8. The summed E-state index contributed by atoms with van der Waals surface area (Å²) < 4.78 is 23.9. The molecule has 0 N–H and O–H groups in total. The molecule has 4 heteroatoms. The fourth-order valence-corrected chi connectivity index (χ4v) is 8.13. The van der Waals surface area contributed by atoms with Gasteiger partial charge in [0, 0.05) is 5.30 Å². The summed E-state index contributed by atoms with van der Waals surface area (Å²) in [4.78, 5) is 0. The van der Waals surface area contributed by atoms with Gasteiger partial charge in [-0.1, -0.05) is 30.3 Å². The van der Waals surface area contributed by atoms with Crippen LogP contribution in [0.4, 0.5) is 0 Å². The second-order valence-corrected chi connectivity index (χ2v) is 11.1. The quantitative estimate of drug-likeness (QED) is 0.748. The first-order valence-electron chi connectivity index (χ1n) is 4.47. The molecule has 0 amide bonds. The highest BCUT2D eigenvalue weighted by Gasteiger charge is 2.24. The Balaban J connectivity index is 2.98. The minimum atomic E-state index is -2.43. The average Bonchev–Trinajstić information content (AvgIpc) is 2.01. The van der Waals surface area contributed by atoms with Crippen molar-refractivity contribution in [3.63, 3.8) is 0 Å². The van der Waals surface area contributed by atoms with Gasteiger partial charge in [-0.15, -0.1) is 0 Å². The summed E-state index contributed by atoms with van der Waals surface area (Å²) in [5.41, 5.74) is 0. The molecule has 1 rings (SSSR count). The van der Waals surface area contributed by atoms with Crippen molar-refractivity contribution in [3.05, 3.63) is 30.3 Å². The third kappa shape index (κ3) is 3.44. The number of hydrogen-bond acceptors (Lipinski definition) is 2. The van der Waals surface area contributed by atoms with E-state index in [1.54, 1.807) is 20.0 Å². The van der Waals surface area contributed by atoms with Crippen LogP contribution >= 0.6 is 14.3 Å². The molecule has 0 bridgehead atoms. The topological polar surface area (TPSA) is 34.1 Å². The Kier molecular flexibility index (Phi) is 3.40. The summed E-state index contributed by atoms with van der Waals surface area (Å²) in [6.45, 7) is 5.08. The molecule has 0 saturated heterocycles. The molecule has 0 aliphatic carbocycles. The van der Waals surface area contributed by atoms with Gasteiger partial charge in [-0.25, -0.2) is 0 Å². The van der Waals surface area contributed by atoms with Crippen molar-refractivity contribution in [3.8, 4) is 0 Å². The first-order valence-corrected chi connectivity index (χ1v) is 9.60. The van der Waals surface area contributed by atoms with Gasteiger partial charge in [-0.3, -0.25) is 0 Å². The molecule has 0 heterocycles. The third-order valence-corrected chi connectivity index (χ3v) is 8.19. The predicted molar refractivity (Wildman–Crippen MR) is 63.9 cm³/mol. The zero-order valence-corrected chi connectivity index (χ0v) is 10.6. The van der Waals surface area contributed by atoms with E-state index in [-0.39, 0.29) is 0 Å². The highest BCUT2D eigenvalue weighted by molar-refractivity contribution is 7.83. The Morgan fingerprint density at radius 3 is 1.93 bits per heavy atom. The van der Waals surface area contributed by atoms with Crippen LogP contribution in [-0.2, 0) is 9.13 Å². The largest absolute Gasteiger partial charge is 0.324 e. The van der Waals surface area contributed by atoms with Crippen LogP contribution in [0.25, 0.3) is 0 Å². The molecule has 0 fully saturated rings. The van der Waals surface area contributed by atoms with Crippen LogP contribution in [0, 0.1) is 0 Å². The van der Waals surface area contributed by atoms with Gasteiger partial charge in [0.1, 0.15) is 7.14 Å². The van der Waals surface area contributed by atoms with Gasteiger partial charge in [-0.2, -0.15) is 0 Å². The maximum atomic E-state index is 12.3. The molecule has 78 valence electrons. The highest BCUT2D eigenvalue weighted by atomic mass is 31.2. The molecule has 0 radical (unpaired) electrons. The normalized spacial score (nSPS) is 16.2. The van der Waals surface area contributed by atoms with Gasteiger partial charge in [0.15, 0.2) is 0 Å². The molecule has 0 spiro atoms. The Morgan fingerprint density at radius 1 is 1.00 bits per heavy atom. The molecule has 1 unspecified atom stereocenters. The van der Waals surface area contributed by atoms with Crippen molar-refractivity contribution in [2.75, 3.05) is 25.9 Å². The minimum Gasteiger partial charge on any atom is -0.324 e. The molecule has 14 heavy (non-hydrogen) atoms. The predicted octanol–water partition coefficient (Wildman–Crippen LogP) is 2.89. The van der Waals surface area contributed by atoms with E-state index < -0.39 is 14.3 Å². The highest BCUT2D eigenvalue weighted by Crippen LogP contribution is 2.54. The molecule has 1 aromatic carbocycles. The van der Waals surface area contributed by atoms with Crippen molar-refractivity contribution in [1.82, 2.24) is 0 Å². The monoisotopic (exact) mass is 230 g/mol. The molecule has 0 aromatic heterocycles. The Morgan fingerprint density at radius 2 is 1.50 bits per heavy atom. The van der Waals surface area contributed by atoms with Crippen molar-refractivity contribution < 1.29 is 9.13 Å². The van der Waals surface area contributed by atoms with Gasteiger partial charge in [0.2, 0.25) is 0 Å². The van der Waals surface area contributed by atoms with E-state index in [0.29, 0.717) is 5.90 Å². The molecule has 1 atom stereocenters. The molecular weight excluding hydrogens is 214 g/mol. The van der Waals surface area contributed by atoms with Gasteiger partial charge in [-0.05, 0) is 20.0 Å². The van der Waals surface area contributed by atoms with Crippen molar-refractivity contribution in [2.24, 2.45) is 0 Å². The molecule has 1 aromatic rings. The van der Waals surface area contributed by atoms with Crippen molar-refractivity contribution in [2.45, 2.75) is 0 Å². The zero-order valence-electron chi connectivity index (χ0n) is 8.80. The minimum absolute atomic E-state index is 0.323. The van der Waals surface area contributed by atoms with Gasteiger partial charge in [0.05, 0.1) is 13.0 Å². The number of hydrogen-bond donors (Lipinski definition) is 0. The molecule has 0 aliphatic heterocycles. The first-order chi connectivity index (χ1) is 6.31. The summed E-state index contributed by atoms with van der Waals surface area (Å²) in [7, 11) is -4.65. The fourth-order valence-electron chi connectivity index (χ4n) is 1.47. The van der Waals surface area contributed by atoms with E-state index in [9.17, 15) is 9.13 Å². The van der Waals surface area contributed by atoms with Gasteiger partial charge >= 0.3 is 0 Å². The average molecular weight is 230 g/mol. The van der Waals surface area contributed by atoms with Crippen LogP contribution in [0.15, 0.2) is 30.3 Å². The lowest BCUT2D eigenvalue weighted by Crippen LogP contribution is -2.05. The van der Waals surface area contributed by atoms with Crippen molar-refractivity contribution in [1.29, 1.82) is 0 Å². The molecular formula is C10H16O2P2. The standard InChI is InChI=1S/C10H16O2P2/c1-13(2,11)9-14(3,12)10-7-5-4-6-8-10/h4-8H,9H2,1-3H3. The lowest BCUT2D eigenvalue weighted by molar-refractivity contribution is 0.578. The maximum absolute atomic E-state index is 12.3. The van der Waals surface area contributed by atoms with Crippen molar-refractivity contribution >= 4 is 19.6 Å². The fraction of sp³-hybridized carbons (Fsp3) is 0.400. The molecule has 0 saturated carbocycles. The summed E-state index contributed by atoms with van der Waals surface area (Å²) in [6, 6.07) is 9.30. The van der Waals surface area contributed by atoms with Gasteiger partial charge in [0.25, 0.3) is 0 Å². The van der Waals surface area contributed by atoms with Crippen LogP contribution in [-0.4, -0.2) is 25.9 Å². The summed E-state index contributed by atoms with van der Waals surface area (Å²) in [5.74, 6) is 0.323. The Labute approximate surface area is 85.5 Å². The van der Waals surface area contributed by atoms with Crippen LogP contribution in [0.5, 0.6) is 0 Å². The summed E-state index contributed by atoms with van der Waals surface area (Å²) in [5, 5.41) is 0.823. The number of benzene rings is 1. The SMILES string of the molecule is CP(C)(=O)CP(C)(=O)c1ccccc1. The van der Waals surface area contributed by atoms with Crippen LogP contribution in [0.1, 0.15) is 0 Å². The third-order valence-electron chi connectivity index (χ3n) is 1.91. The van der Waals surface area contributed by atoms with Crippen LogP contribution in [0.2, 0.25) is 0 Å². The second kappa shape index (κ2) is 4.04. The summed E-state index contributed by atoms with van der Waals surface area (Å²) >= 11 is 0. The smallest absolute Gasteiger partial charge is 0.119 e. The number of rotatable bonds is 3. The second-order valence-electron chi connectivity index (χ2n) is 4.15. The Bertz CT molecular complexity index is 392. The lowest BCUT2D eigenvalue weighted by Gasteiger charge is -2.15. The van der Waals surface area contributed by atoms with E-state index in [0.717, 1.165) is 5.30 Å². The molecule has 2 nitrogen and oxygen atoms in total. The van der Waals surface area contributed by atoms with Crippen LogP contribution in [0.3, 0.4) is 0 Å².